The molecule has 0 heterocycles. The molecule has 0 bridgehead atoms. The molecule has 2 nitrogen and oxygen atoms in total. The molecule has 0 saturated carbocycles. The number of amides is 1. The van der Waals surface area contributed by atoms with Crippen LogP contribution < -0.4 is 5.32 Å². The highest BCUT2D eigenvalue weighted by molar-refractivity contribution is 9.09. The average molecular weight is 357 g/mol. The third-order valence-electron chi connectivity index (χ3n) is 2.86. The van der Waals surface area contributed by atoms with Gasteiger partial charge in [0.2, 0.25) is 0 Å². The zero-order valence-corrected chi connectivity index (χ0v) is 12.8. The molecular formula is C15H12BrClFNO. The Morgan fingerprint density at radius 2 is 1.90 bits per heavy atom. The highest BCUT2D eigenvalue weighted by Crippen LogP contribution is 2.20. The lowest BCUT2D eigenvalue weighted by molar-refractivity contribution is 0.0936. The van der Waals surface area contributed by atoms with E-state index in [1.54, 1.807) is 6.07 Å². The third-order valence-corrected chi connectivity index (χ3v) is 3.80. The second kappa shape index (κ2) is 6.86. The number of hydrogen-bond acceptors (Lipinski definition) is 1. The van der Waals surface area contributed by atoms with Crippen LogP contribution in [-0.4, -0.2) is 11.2 Å². The van der Waals surface area contributed by atoms with Crippen molar-refractivity contribution in [2.75, 3.05) is 5.33 Å². The van der Waals surface area contributed by atoms with Crippen molar-refractivity contribution in [1.82, 2.24) is 5.32 Å². The van der Waals surface area contributed by atoms with Gasteiger partial charge in [0.15, 0.2) is 5.82 Å². The van der Waals surface area contributed by atoms with Crippen LogP contribution >= 0.6 is 27.5 Å². The molecule has 2 aromatic carbocycles. The Labute approximate surface area is 130 Å². The molecular weight excluding hydrogens is 345 g/mol. The molecule has 104 valence electrons. The minimum absolute atomic E-state index is 0.0561. The summed E-state index contributed by atoms with van der Waals surface area (Å²) in [5.74, 6) is -1.19. The van der Waals surface area contributed by atoms with E-state index in [4.69, 9.17) is 11.6 Å². The molecule has 1 amide bonds. The fourth-order valence-electron chi connectivity index (χ4n) is 1.81. The summed E-state index contributed by atoms with van der Waals surface area (Å²) >= 11 is 9.03. The molecule has 2 rings (SSSR count). The van der Waals surface area contributed by atoms with Crippen LogP contribution in [0.15, 0.2) is 48.5 Å². The first-order valence-electron chi connectivity index (χ1n) is 5.99. The van der Waals surface area contributed by atoms with Crippen LogP contribution in [0.3, 0.4) is 0 Å². The van der Waals surface area contributed by atoms with E-state index in [-0.39, 0.29) is 16.6 Å². The lowest BCUT2D eigenvalue weighted by Crippen LogP contribution is -2.30. The summed E-state index contributed by atoms with van der Waals surface area (Å²) in [7, 11) is 0. The summed E-state index contributed by atoms with van der Waals surface area (Å²) in [5.41, 5.74) is 0.888. The van der Waals surface area contributed by atoms with Crippen molar-refractivity contribution in [2.24, 2.45) is 0 Å². The fraction of sp³-hybridized carbons (Fsp3) is 0.133. The van der Waals surface area contributed by atoms with Crippen LogP contribution in [0.25, 0.3) is 0 Å². The second-order valence-electron chi connectivity index (χ2n) is 4.19. The standard InChI is InChI=1S/C15H12BrClFNO/c16-9-13(10-5-2-1-3-6-10)19-15(20)11-7-4-8-12(17)14(11)18/h1-8,13H,9H2,(H,19,20). The van der Waals surface area contributed by atoms with Gasteiger partial charge in [0.05, 0.1) is 16.6 Å². The SMILES string of the molecule is O=C(NC(CBr)c1ccccc1)c1cccc(Cl)c1F. The van der Waals surface area contributed by atoms with Crippen molar-refractivity contribution in [1.29, 1.82) is 0 Å². The molecule has 0 fully saturated rings. The van der Waals surface area contributed by atoms with Crippen LogP contribution in [0.1, 0.15) is 22.0 Å². The van der Waals surface area contributed by atoms with Crippen molar-refractivity contribution in [3.8, 4) is 0 Å². The maximum absolute atomic E-state index is 13.8. The Kier molecular flexibility index (Phi) is 5.15. The Morgan fingerprint density at radius 1 is 1.20 bits per heavy atom. The van der Waals surface area contributed by atoms with Crippen molar-refractivity contribution in [3.05, 3.63) is 70.5 Å². The lowest BCUT2D eigenvalue weighted by atomic mass is 10.1. The monoisotopic (exact) mass is 355 g/mol. The quantitative estimate of drug-likeness (QED) is 0.811. The van der Waals surface area contributed by atoms with Gasteiger partial charge in [-0.15, -0.1) is 0 Å². The predicted molar refractivity (Wildman–Crippen MR) is 81.9 cm³/mol. The summed E-state index contributed by atoms with van der Waals surface area (Å²) in [4.78, 5) is 12.1. The number of alkyl halides is 1. The van der Waals surface area contributed by atoms with E-state index < -0.39 is 11.7 Å². The van der Waals surface area contributed by atoms with Gasteiger partial charge in [-0.3, -0.25) is 4.79 Å². The molecule has 0 saturated heterocycles. The van der Waals surface area contributed by atoms with E-state index >= 15 is 0 Å². The summed E-state index contributed by atoms with van der Waals surface area (Å²) < 4.78 is 13.8. The van der Waals surface area contributed by atoms with Crippen molar-refractivity contribution < 1.29 is 9.18 Å². The van der Waals surface area contributed by atoms with Crippen LogP contribution in [0.4, 0.5) is 4.39 Å². The lowest BCUT2D eigenvalue weighted by Gasteiger charge is -2.17. The molecule has 0 aliphatic rings. The van der Waals surface area contributed by atoms with E-state index in [1.165, 1.54) is 12.1 Å². The average Bonchev–Trinajstić information content (AvgIpc) is 2.48. The molecule has 0 aliphatic heterocycles. The number of nitrogens with one attached hydrogen (secondary N) is 1. The number of rotatable bonds is 4. The number of carbonyl (C=O) groups is 1. The predicted octanol–water partition coefficient (Wildman–Crippen LogP) is 4.35. The summed E-state index contributed by atoms with van der Waals surface area (Å²) in [6.45, 7) is 0. The van der Waals surface area contributed by atoms with Gasteiger partial charge in [-0.1, -0.05) is 63.9 Å². The molecule has 1 N–H and O–H groups in total. The van der Waals surface area contributed by atoms with E-state index in [2.05, 4.69) is 21.2 Å². The number of carbonyl (C=O) groups excluding carboxylic acids is 1. The first kappa shape index (κ1) is 15.0. The zero-order valence-electron chi connectivity index (χ0n) is 10.4. The zero-order chi connectivity index (χ0) is 14.5. The Bertz CT molecular complexity index is 606. The van der Waals surface area contributed by atoms with E-state index in [0.717, 1.165) is 5.56 Å². The third kappa shape index (κ3) is 3.38. The van der Waals surface area contributed by atoms with Crippen LogP contribution in [0.2, 0.25) is 5.02 Å². The summed E-state index contributed by atoms with van der Waals surface area (Å²) in [5, 5.41) is 3.25. The van der Waals surface area contributed by atoms with Crippen molar-refractivity contribution >= 4 is 33.4 Å². The molecule has 20 heavy (non-hydrogen) atoms. The van der Waals surface area contributed by atoms with Gasteiger partial charge in [0.1, 0.15) is 0 Å². The topological polar surface area (TPSA) is 29.1 Å². The van der Waals surface area contributed by atoms with Gasteiger partial charge >= 0.3 is 0 Å². The maximum atomic E-state index is 13.8. The molecule has 2 aromatic rings. The maximum Gasteiger partial charge on any atom is 0.254 e. The van der Waals surface area contributed by atoms with Crippen LogP contribution in [-0.2, 0) is 0 Å². The summed E-state index contributed by atoms with van der Waals surface area (Å²) in [6.07, 6.45) is 0. The van der Waals surface area contributed by atoms with Gasteiger partial charge in [0.25, 0.3) is 5.91 Å². The van der Waals surface area contributed by atoms with Gasteiger partial charge < -0.3 is 5.32 Å². The largest absolute Gasteiger partial charge is 0.344 e. The normalized spacial score (nSPS) is 11.9. The number of hydrogen-bond donors (Lipinski definition) is 1. The fourth-order valence-corrected chi connectivity index (χ4v) is 2.52. The Hall–Kier alpha value is -1.39. The summed E-state index contributed by atoms with van der Waals surface area (Å²) in [6, 6.07) is 13.6. The molecule has 0 spiro atoms. The van der Waals surface area contributed by atoms with Crippen LogP contribution in [0, 0.1) is 5.82 Å². The molecule has 0 aliphatic carbocycles. The van der Waals surface area contributed by atoms with Gasteiger partial charge in [-0.05, 0) is 17.7 Å². The first-order chi connectivity index (χ1) is 9.63. The van der Waals surface area contributed by atoms with E-state index in [9.17, 15) is 9.18 Å². The molecule has 0 radical (unpaired) electrons. The van der Waals surface area contributed by atoms with Crippen molar-refractivity contribution in [2.45, 2.75) is 6.04 Å². The molecule has 1 atom stereocenters. The molecule has 1 unspecified atom stereocenters. The number of benzene rings is 2. The minimum atomic E-state index is -0.701. The van der Waals surface area contributed by atoms with E-state index in [1.807, 2.05) is 30.3 Å². The second-order valence-corrected chi connectivity index (χ2v) is 5.25. The highest BCUT2D eigenvalue weighted by Gasteiger charge is 2.18. The first-order valence-corrected chi connectivity index (χ1v) is 7.49. The van der Waals surface area contributed by atoms with Gasteiger partial charge in [0, 0.05) is 5.33 Å². The van der Waals surface area contributed by atoms with Crippen LogP contribution in [0.5, 0.6) is 0 Å². The minimum Gasteiger partial charge on any atom is -0.344 e. The van der Waals surface area contributed by atoms with E-state index in [0.29, 0.717) is 5.33 Å². The smallest absolute Gasteiger partial charge is 0.254 e. The molecule has 5 heteroatoms. The van der Waals surface area contributed by atoms with Crippen molar-refractivity contribution in [3.63, 3.8) is 0 Å². The molecule has 0 aromatic heterocycles. The Balaban J connectivity index is 2.20. The Morgan fingerprint density at radius 3 is 2.55 bits per heavy atom. The van der Waals surface area contributed by atoms with Gasteiger partial charge in [-0.2, -0.15) is 0 Å². The highest BCUT2D eigenvalue weighted by atomic mass is 79.9. The number of halogens is 3. The van der Waals surface area contributed by atoms with Gasteiger partial charge in [-0.25, -0.2) is 4.39 Å².